The molecule has 33 heavy (non-hydrogen) atoms. The average Bonchev–Trinajstić information content (AvgIpc) is 3.52. The van der Waals surface area contributed by atoms with E-state index in [-0.39, 0.29) is 37.5 Å². The number of nitrogens with one attached hydrogen (secondary N) is 1. The third kappa shape index (κ3) is 5.33. The van der Waals surface area contributed by atoms with Crippen LogP contribution in [0.2, 0.25) is 0 Å². The number of likely N-dealkylation sites (tertiary alicyclic amines) is 1. The Bertz CT molecular complexity index is 985. The first-order valence-corrected chi connectivity index (χ1v) is 10.8. The smallest absolute Gasteiger partial charge is 0.410 e. The van der Waals surface area contributed by atoms with Crippen LogP contribution in [0.25, 0.3) is 0 Å². The van der Waals surface area contributed by atoms with Crippen LogP contribution in [0.1, 0.15) is 29.0 Å². The number of nitrogens with zero attached hydrogens (tertiary/aromatic N) is 2. The number of piperidine rings is 1. The number of carbonyl (C=O) groups excluding carboxylic acids is 4. The molecule has 1 aromatic heterocycles. The molecule has 174 valence electrons. The molecule has 1 unspecified atom stereocenters. The molecule has 0 bridgehead atoms. The molecule has 2 aromatic rings. The van der Waals surface area contributed by atoms with Crippen molar-refractivity contribution in [2.45, 2.75) is 31.5 Å². The molecule has 0 aliphatic carbocycles. The number of hydrogen-bond donors (Lipinski definition) is 1. The second-order valence-electron chi connectivity index (χ2n) is 7.87. The number of amides is 3. The Morgan fingerprint density at radius 3 is 2.52 bits per heavy atom. The topological polar surface area (TPSA) is 118 Å². The van der Waals surface area contributed by atoms with Gasteiger partial charge in [-0.2, -0.15) is 0 Å². The van der Waals surface area contributed by atoms with E-state index >= 15 is 0 Å². The fourth-order valence-corrected chi connectivity index (χ4v) is 4.00. The molecule has 10 nitrogen and oxygen atoms in total. The van der Waals surface area contributed by atoms with Crippen LogP contribution in [-0.2, 0) is 25.7 Å². The van der Waals surface area contributed by atoms with E-state index in [0.717, 1.165) is 5.56 Å². The quantitative estimate of drug-likeness (QED) is 0.630. The fraction of sp³-hybridized carbons (Fsp3) is 0.391. The fourth-order valence-electron chi connectivity index (χ4n) is 4.00. The van der Waals surface area contributed by atoms with E-state index in [1.165, 1.54) is 17.2 Å². The molecule has 0 saturated carbocycles. The van der Waals surface area contributed by atoms with Gasteiger partial charge in [0.15, 0.2) is 11.8 Å². The zero-order valence-electron chi connectivity index (χ0n) is 18.0. The van der Waals surface area contributed by atoms with Gasteiger partial charge < -0.3 is 24.1 Å². The van der Waals surface area contributed by atoms with Crippen molar-refractivity contribution in [1.29, 1.82) is 0 Å². The van der Waals surface area contributed by atoms with Crippen molar-refractivity contribution in [3.05, 3.63) is 60.1 Å². The molecule has 3 amide bonds. The van der Waals surface area contributed by atoms with Gasteiger partial charge in [0, 0.05) is 19.1 Å². The normalized spacial score (nSPS) is 18.7. The second kappa shape index (κ2) is 10.2. The number of hydrogen-bond acceptors (Lipinski definition) is 7. The summed E-state index contributed by atoms with van der Waals surface area (Å²) >= 11 is 0. The Morgan fingerprint density at radius 1 is 1.06 bits per heavy atom. The molecule has 2 saturated heterocycles. The highest BCUT2D eigenvalue weighted by molar-refractivity contribution is 5.94. The van der Waals surface area contributed by atoms with E-state index in [1.54, 1.807) is 11.0 Å². The van der Waals surface area contributed by atoms with Crippen LogP contribution >= 0.6 is 0 Å². The highest BCUT2D eigenvalue weighted by Crippen LogP contribution is 2.25. The van der Waals surface area contributed by atoms with Crippen LogP contribution in [0.4, 0.5) is 4.79 Å². The van der Waals surface area contributed by atoms with E-state index in [9.17, 15) is 19.2 Å². The van der Waals surface area contributed by atoms with Crippen LogP contribution in [0, 0.1) is 0 Å². The SMILES string of the molecule is O=C(NCC(=O)N1CCC(N2C(=O)OCC2C(=O)OCc2ccccc2)CC1)c1ccco1. The first-order chi connectivity index (χ1) is 16.0. The molecule has 10 heteroatoms. The molecule has 2 aliphatic heterocycles. The second-order valence-corrected chi connectivity index (χ2v) is 7.87. The number of benzene rings is 1. The molecule has 2 aliphatic rings. The summed E-state index contributed by atoms with van der Waals surface area (Å²) < 4.78 is 15.5. The Balaban J connectivity index is 1.26. The molecule has 3 heterocycles. The molecular formula is C23H25N3O7. The number of esters is 1. The third-order valence-corrected chi connectivity index (χ3v) is 5.76. The van der Waals surface area contributed by atoms with Crippen LogP contribution in [0.15, 0.2) is 53.1 Å². The average molecular weight is 455 g/mol. The van der Waals surface area contributed by atoms with Crippen molar-refractivity contribution in [2.24, 2.45) is 0 Å². The van der Waals surface area contributed by atoms with Crippen LogP contribution in [0.5, 0.6) is 0 Å². The molecular weight excluding hydrogens is 430 g/mol. The van der Waals surface area contributed by atoms with Gasteiger partial charge >= 0.3 is 12.1 Å². The van der Waals surface area contributed by atoms with Gasteiger partial charge in [-0.25, -0.2) is 9.59 Å². The van der Waals surface area contributed by atoms with Crippen LogP contribution < -0.4 is 5.32 Å². The van der Waals surface area contributed by atoms with E-state index < -0.39 is 24.0 Å². The van der Waals surface area contributed by atoms with Crippen molar-refractivity contribution in [2.75, 3.05) is 26.2 Å². The lowest BCUT2D eigenvalue weighted by atomic mass is 10.0. The maximum atomic E-state index is 12.6. The monoisotopic (exact) mass is 455 g/mol. The standard InChI is InChI=1S/C23H25N3O7/c27-20(13-24-21(28)19-7-4-12-31-19)25-10-8-17(9-11-25)26-18(15-33-23(26)30)22(29)32-14-16-5-2-1-3-6-16/h1-7,12,17-18H,8-11,13-15H2,(H,24,28). The van der Waals surface area contributed by atoms with Gasteiger partial charge in [0.25, 0.3) is 5.91 Å². The molecule has 0 radical (unpaired) electrons. The molecule has 2 fully saturated rings. The van der Waals surface area contributed by atoms with E-state index in [0.29, 0.717) is 25.9 Å². The number of ether oxygens (including phenoxy) is 2. The van der Waals surface area contributed by atoms with Crippen molar-refractivity contribution in [1.82, 2.24) is 15.1 Å². The lowest BCUT2D eigenvalue weighted by Crippen LogP contribution is -2.53. The highest BCUT2D eigenvalue weighted by Gasteiger charge is 2.44. The van der Waals surface area contributed by atoms with Crippen molar-refractivity contribution in [3.63, 3.8) is 0 Å². The van der Waals surface area contributed by atoms with Crippen LogP contribution in [0.3, 0.4) is 0 Å². The van der Waals surface area contributed by atoms with Gasteiger partial charge in [0.1, 0.15) is 13.2 Å². The first-order valence-electron chi connectivity index (χ1n) is 10.8. The minimum Gasteiger partial charge on any atom is -0.459 e. The molecule has 1 atom stereocenters. The zero-order chi connectivity index (χ0) is 23.2. The Hall–Kier alpha value is -3.82. The number of furan rings is 1. The summed E-state index contributed by atoms with van der Waals surface area (Å²) in [6, 6.07) is 11.4. The summed E-state index contributed by atoms with van der Waals surface area (Å²) in [5, 5.41) is 2.54. The van der Waals surface area contributed by atoms with E-state index in [1.807, 2.05) is 30.3 Å². The van der Waals surface area contributed by atoms with E-state index in [2.05, 4.69) is 5.32 Å². The summed E-state index contributed by atoms with van der Waals surface area (Å²) in [6.07, 6.45) is 1.83. The van der Waals surface area contributed by atoms with Crippen molar-refractivity contribution < 1.29 is 33.1 Å². The highest BCUT2D eigenvalue weighted by atomic mass is 16.6. The summed E-state index contributed by atoms with van der Waals surface area (Å²) in [7, 11) is 0. The van der Waals surface area contributed by atoms with Gasteiger partial charge in [0.05, 0.1) is 12.8 Å². The lowest BCUT2D eigenvalue weighted by Gasteiger charge is -2.37. The summed E-state index contributed by atoms with van der Waals surface area (Å²) in [5.41, 5.74) is 0.855. The van der Waals surface area contributed by atoms with Gasteiger partial charge in [-0.05, 0) is 30.5 Å². The zero-order valence-corrected chi connectivity index (χ0v) is 18.0. The first kappa shape index (κ1) is 22.4. The minimum atomic E-state index is -0.805. The molecule has 1 N–H and O–H groups in total. The number of rotatable bonds is 7. The summed E-state index contributed by atoms with van der Waals surface area (Å²) in [5.74, 6) is -1.06. The third-order valence-electron chi connectivity index (χ3n) is 5.76. The lowest BCUT2D eigenvalue weighted by molar-refractivity contribution is -0.150. The van der Waals surface area contributed by atoms with Crippen molar-refractivity contribution in [3.8, 4) is 0 Å². The summed E-state index contributed by atoms with van der Waals surface area (Å²) in [4.78, 5) is 52.4. The Labute approximate surface area is 190 Å². The number of cyclic esters (lactones) is 1. The predicted octanol–water partition coefficient (Wildman–Crippen LogP) is 1.56. The summed E-state index contributed by atoms with van der Waals surface area (Å²) in [6.45, 7) is 0.717. The van der Waals surface area contributed by atoms with Gasteiger partial charge in [-0.1, -0.05) is 30.3 Å². The molecule has 0 spiro atoms. The molecule has 1 aromatic carbocycles. The van der Waals surface area contributed by atoms with Crippen LogP contribution in [-0.4, -0.2) is 72.0 Å². The predicted molar refractivity (Wildman–Crippen MR) is 114 cm³/mol. The maximum absolute atomic E-state index is 12.6. The largest absolute Gasteiger partial charge is 0.459 e. The Kier molecular flexibility index (Phi) is 6.92. The van der Waals surface area contributed by atoms with E-state index in [4.69, 9.17) is 13.9 Å². The van der Waals surface area contributed by atoms with Gasteiger partial charge in [-0.15, -0.1) is 0 Å². The molecule has 4 rings (SSSR count). The number of carbonyl (C=O) groups is 4. The maximum Gasteiger partial charge on any atom is 0.410 e. The minimum absolute atomic E-state index is 0.0512. The van der Waals surface area contributed by atoms with Gasteiger partial charge in [0.2, 0.25) is 5.91 Å². The van der Waals surface area contributed by atoms with Crippen molar-refractivity contribution >= 4 is 23.9 Å². The van der Waals surface area contributed by atoms with Gasteiger partial charge in [-0.3, -0.25) is 14.5 Å². The Morgan fingerprint density at radius 2 is 1.82 bits per heavy atom.